The summed E-state index contributed by atoms with van der Waals surface area (Å²) in [6, 6.07) is 0. The van der Waals surface area contributed by atoms with Crippen LogP contribution in [0.1, 0.15) is 46.0 Å². The average molecular weight is 215 g/mol. The molecule has 0 amide bonds. The molecule has 90 valence electrons. The van der Waals surface area contributed by atoms with Crippen LogP contribution in [0.5, 0.6) is 0 Å². The molecule has 2 N–H and O–H groups in total. The first-order chi connectivity index (χ1) is 7.22. The number of rotatable bonds is 7. The van der Waals surface area contributed by atoms with Crippen LogP contribution in [-0.4, -0.2) is 19.1 Å². The molecule has 0 rings (SSSR count). The number of carbonyl (C=O) groups is 1. The monoisotopic (exact) mass is 215 g/mol. The van der Waals surface area contributed by atoms with Gasteiger partial charge in [-0.3, -0.25) is 4.79 Å². The summed E-state index contributed by atoms with van der Waals surface area (Å²) in [7, 11) is 0. The summed E-state index contributed by atoms with van der Waals surface area (Å²) in [5, 5.41) is 0. The van der Waals surface area contributed by atoms with E-state index in [1.54, 1.807) is 6.92 Å². The van der Waals surface area contributed by atoms with Crippen LogP contribution in [0.25, 0.3) is 0 Å². The quantitative estimate of drug-likeness (QED) is 0.403. The van der Waals surface area contributed by atoms with Crippen LogP contribution in [0.4, 0.5) is 0 Å². The Bertz CT molecular complexity index is 147. The molecule has 0 fully saturated rings. The minimum absolute atomic E-state index is 0.0200. The van der Waals surface area contributed by atoms with Crippen molar-refractivity contribution >= 4 is 5.97 Å². The van der Waals surface area contributed by atoms with Gasteiger partial charge in [-0.15, -0.1) is 6.58 Å². The maximum Gasteiger partial charge on any atom is 0.319 e. The van der Waals surface area contributed by atoms with Gasteiger partial charge in [-0.2, -0.15) is 0 Å². The van der Waals surface area contributed by atoms with Crippen molar-refractivity contribution < 1.29 is 9.53 Å². The number of esters is 1. The van der Waals surface area contributed by atoms with Gasteiger partial charge in [0.15, 0.2) is 0 Å². The average Bonchev–Trinajstić information content (AvgIpc) is 2.26. The SMILES string of the molecule is C=CCCCCCC.CCOC(=O)CN. The molecule has 0 saturated heterocycles. The van der Waals surface area contributed by atoms with E-state index in [4.69, 9.17) is 5.73 Å². The predicted octanol–water partition coefficient (Wildman–Crippen LogP) is 2.65. The highest BCUT2D eigenvalue weighted by atomic mass is 16.5. The Morgan fingerprint density at radius 3 is 2.33 bits per heavy atom. The van der Waals surface area contributed by atoms with E-state index in [0.717, 1.165) is 0 Å². The first kappa shape index (κ1) is 16.6. The molecular weight excluding hydrogens is 190 g/mol. The molecular formula is C12H25NO2. The van der Waals surface area contributed by atoms with Crippen LogP contribution in [0.2, 0.25) is 0 Å². The van der Waals surface area contributed by atoms with Gasteiger partial charge in [-0.25, -0.2) is 0 Å². The van der Waals surface area contributed by atoms with Crippen LogP contribution in [-0.2, 0) is 9.53 Å². The van der Waals surface area contributed by atoms with Gasteiger partial charge in [0.25, 0.3) is 0 Å². The van der Waals surface area contributed by atoms with E-state index in [2.05, 4.69) is 18.2 Å². The Morgan fingerprint density at radius 1 is 1.33 bits per heavy atom. The van der Waals surface area contributed by atoms with Crippen LogP contribution >= 0.6 is 0 Å². The molecule has 15 heavy (non-hydrogen) atoms. The predicted molar refractivity (Wildman–Crippen MR) is 64.6 cm³/mol. The van der Waals surface area contributed by atoms with Gasteiger partial charge in [0.2, 0.25) is 0 Å². The molecule has 0 unspecified atom stereocenters. The van der Waals surface area contributed by atoms with E-state index in [1.807, 2.05) is 6.08 Å². The molecule has 0 aliphatic rings. The Kier molecular flexibility index (Phi) is 17.3. The summed E-state index contributed by atoms with van der Waals surface area (Å²) in [6.45, 7) is 8.02. The molecule has 0 aliphatic carbocycles. The topological polar surface area (TPSA) is 52.3 Å². The number of allylic oxidation sites excluding steroid dienone is 1. The van der Waals surface area contributed by atoms with E-state index >= 15 is 0 Å². The normalized spacial score (nSPS) is 8.73. The number of ether oxygens (including phenoxy) is 1. The summed E-state index contributed by atoms with van der Waals surface area (Å²) in [6.07, 6.45) is 8.61. The lowest BCUT2D eigenvalue weighted by Gasteiger charge is -1.93. The van der Waals surface area contributed by atoms with Crippen molar-refractivity contribution in [1.82, 2.24) is 0 Å². The van der Waals surface area contributed by atoms with Gasteiger partial charge in [-0.1, -0.05) is 32.3 Å². The van der Waals surface area contributed by atoms with Gasteiger partial charge in [0.05, 0.1) is 13.2 Å². The molecule has 0 aliphatic heterocycles. The lowest BCUT2D eigenvalue weighted by atomic mass is 10.2. The first-order valence-corrected chi connectivity index (χ1v) is 5.69. The fraction of sp³-hybridized carbons (Fsp3) is 0.750. The zero-order chi connectivity index (χ0) is 11.9. The molecule has 0 spiro atoms. The third-order valence-corrected chi connectivity index (χ3v) is 1.73. The zero-order valence-electron chi connectivity index (χ0n) is 10.1. The number of carbonyl (C=O) groups excluding carboxylic acids is 1. The Morgan fingerprint density at radius 2 is 2.00 bits per heavy atom. The van der Waals surface area contributed by atoms with Crippen LogP contribution in [0.15, 0.2) is 12.7 Å². The van der Waals surface area contributed by atoms with Crippen molar-refractivity contribution in [2.45, 2.75) is 46.0 Å². The van der Waals surface area contributed by atoms with Gasteiger partial charge in [-0.05, 0) is 19.8 Å². The van der Waals surface area contributed by atoms with Crippen molar-refractivity contribution in [2.24, 2.45) is 5.73 Å². The molecule has 0 aromatic rings. The minimum atomic E-state index is -0.345. The summed E-state index contributed by atoms with van der Waals surface area (Å²) >= 11 is 0. The molecule has 0 aromatic carbocycles. The Labute approximate surface area is 93.7 Å². The van der Waals surface area contributed by atoms with Gasteiger partial charge < -0.3 is 10.5 Å². The Balaban J connectivity index is 0. The van der Waals surface area contributed by atoms with Crippen molar-refractivity contribution in [3.63, 3.8) is 0 Å². The Hall–Kier alpha value is -0.830. The van der Waals surface area contributed by atoms with Crippen molar-refractivity contribution in [2.75, 3.05) is 13.2 Å². The number of nitrogens with two attached hydrogens (primary N) is 1. The third kappa shape index (κ3) is 19.5. The maximum atomic E-state index is 10.1. The third-order valence-electron chi connectivity index (χ3n) is 1.73. The lowest BCUT2D eigenvalue weighted by molar-refractivity contribution is -0.141. The van der Waals surface area contributed by atoms with E-state index in [-0.39, 0.29) is 12.5 Å². The van der Waals surface area contributed by atoms with Crippen LogP contribution in [0, 0.1) is 0 Å². The summed E-state index contributed by atoms with van der Waals surface area (Å²) < 4.78 is 4.43. The maximum absolute atomic E-state index is 10.1. The van der Waals surface area contributed by atoms with Crippen LogP contribution in [0.3, 0.4) is 0 Å². The standard InChI is InChI=1S/C8H16.C4H9NO2/c1-3-5-7-8-6-4-2;1-2-7-4(6)3-5/h3H,1,4-8H2,2H3;2-3,5H2,1H3. The van der Waals surface area contributed by atoms with Crippen molar-refractivity contribution in [1.29, 1.82) is 0 Å². The van der Waals surface area contributed by atoms with Gasteiger partial charge in [0.1, 0.15) is 0 Å². The number of hydrogen-bond acceptors (Lipinski definition) is 3. The smallest absolute Gasteiger partial charge is 0.319 e. The molecule has 0 aromatic heterocycles. The molecule has 3 nitrogen and oxygen atoms in total. The molecule has 0 saturated carbocycles. The fourth-order valence-corrected chi connectivity index (χ4v) is 0.935. The zero-order valence-corrected chi connectivity index (χ0v) is 10.1. The first-order valence-electron chi connectivity index (χ1n) is 5.69. The van der Waals surface area contributed by atoms with Crippen LogP contribution < -0.4 is 5.73 Å². The summed E-state index contributed by atoms with van der Waals surface area (Å²) in [4.78, 5) is 10.1. The van der Waals surface area contributed by atoms with E-state index in [1.165, 1.54) is 32.1 Å². The van der Waals surface area contributed by atoms with E-state index in [9.17, 15) is 4.79 Å². The van der Waals surface area contributed by atoms with Gasteiger partial charge >= 0.3 is 5.97 Å². The van der Waals surface area contributed by atoms with Gasteiger partial charge in [0, 0.05) is 0 Å². The van der Waals surface area contributed by atoms with E-state index < -0.39 is 0 Å². The second-order valence-electron chi connectivity index (χ2n) is 3.15. The number of unbranched alkanes of at least 4 members (excludes halogenated alkanes) is 4. The minimum Gasteiger partial charge on any atom is -0.465 e. The van der Waals surface area contributed by atoms with Crippen molar-refractivity contribution in [3.8, 4) is 0 Å². The number of hydrogen-bond donors (Lipinski definition) is 1. The highest BCUT2D eigenvalue weighted by Gasteiger charge is 1.91. The molecule has 0 radical (unpaired) electrons. The summed E-state index contributed by atoms with van der Waals surface area (Å²) in [5.41, 5.74) is 4.88. The second-order valence-corrected chi connectivity index (χ2v) is 3.15. The second kappa shape index (κ2) is 15.6. The molecule has 3 heteroatoms. The lowest BCUT2D eigenvalue weighted by Crippen LogP contribution is -2.16. The van der Waals surface area contributed by atoms with E-state index in [0.29, 0.717) is 6.61 Å². The van der Waals surface area contributed by atoms with Crippen molar-refractivity contribution in [3.05, 3.63) is 12.7 Å². The largest absolute Gasteiger partial charge is 0.465 e. The summed E-state index contributed by atoms with van der Waals surface area (Å²) in [5.74, 6) is -0.345. The molecule has 0 heterocycles. The highest BCUT2D eigenvalue weighted by Crippen LogP contribution is 2.01. The molecule has 0 atom stereocenters. The highest BCUT2D eigenvalue weighted by molar-refractivity contribution is 5.71. The fourth-order valence-electron chi connectivity index (χ4n) is 0.935. The molecule has 0 bridgehead atoms.